The molecule has 0 atom stereocenters. The van der Waals surface area contributed by atoms with E-state index in [1.54, 1.807) is 4.68 Å². The van der Waals surface area contributed by atoms with Crippen LogP contribution in [-0.4, -0.2) is 53.7 Å². The van der Waals surface area contributed by atoms with Crippen LogP contribution in [0.4, 0.5) is 0 Å². The van der Waals surface area contributed by atoms with E-state index in [4.69, 9.17) is 0 Å². The summed E-state index contributed by atoms with van der Waals surface area (Å²) in [7, 11) is 9.86. The van der Waals surface area contributed by atoms with Gasteiger partial charge in [0.2, 0.25) is 0 Å². The van der Waals surface area contributed by atoms with E-state index in [1.165, 1.54) is 0 Å². The molecule has 0 aliphatic heterocycles. The lowest BCUT2D eigenvalue weighted by Crippen LogP contribution is -2.35. The Bertz CT molecular complexity index is 327. The molecular weight excluding hydrogens is 190 g/mol. The fourth-order valence-electron chi connectivity index (χ4n) is 1.40. The highest BCUT2D eigenvalue weighted by Crippen LogP contribution is 2.00. The predicted molar refractivity (Wildman–Crippen MR) is 61.7 cm³/mol. The SMILES string of the molecule is CN(C)C(=NCc1cnn(C)c1)N(C)C. The van der Waals surface area contributed by atoms with E-state index in [9.17, 15) is 0 Å². The standard InChI is InChI=1S/C10H19N5/c1-13(2)10(14(3)4)11-6-9-7-12-15(5)8-9/h7-8H,6H2,1-5H3. The summed E-state index contributed by atoms with van der Waals surface area (Å²) in [4.78, 5) is 8.51. The fraction of sp³-hybridized carbons (Fsp3) is 0.600. The number of aliphatic imine (C=N–C) groups is 1. The third kappa shape index (κ3) is 3.27. The Morgan fingerprint density at radius 1 is 1.33 bits per heavy atom. The van der Waals surface area contributed by atoms with Gasteiger partial charge in [-0.15, -0.1) is 0 Å². The molecular formula is C10H19N5. The zero-order chi connectivity index (χ0) is 11.4. The lowest BCUT2D eigenvalue weighted by atomic mass is 10.4. The summed E-state index contributed by atoms with van der Waals surface area (Å²) in [5, 5.41) is 4.10. The summed E-state index contributed by atoms with van der Waals surface area (Å²) in [6.07, 6.45) is 3.82. The summed E-state index contributed by atoms with van der Waals surface area (Å²) in [6, 6.07) is 0. The van der Waals surface area contributed by atoms with E-state index >= 15 is 0 Å². The first-order valence-electron chi connectivity index (χ1n) is 4.87. The molecule has 0 aliphatic carbocycles. The zero-order valence-electron chi connectivity index (χ0n) is 10.1. The molecule has 0 radical (unpaired) electrons. The van der Waals surface area contributed by atoms with Gasteiger partial charge in [-0.1, -0.05) is 0 Å². The van der Waals surface area contributed by atoms with E-state index in [-0.39, 0.29) is 0 Å². The molecule has 1 heterocycles. The molecule has 0 bridgehead atoms. The third-order valence-electron chi connectivity index (χ3n) is 1.96. The minimum atomic E-state index is 0.666. The van der Waals surface area contributed by atoms with Crippen LogP contribution in [0.5, 0.6) is 0 Å². The van der Waals surface area contributed by atoms with Crippen molar-refractivity contribution in [3.8, 4) is 0 Å². The molecule has 0 saturated heterocycles. The van der Waals surface area contributed by atoms with Crippen LogP contribution in [0, 0.1) is 0 Å². The minimum Gasteiger partial charge on any atom is -0.349 e. The molecule has 0 unspecified atom stereocenters. The molecule has 0 amide bonds. The van der Waals surface area contributed by atoms with Crippen molar-refractivity contribution in [1.82, 2.24) is 19.6 Å². The topological polar surface area (TPSA) is 36.7 Å². The Labute approximate surface area is 91.0 Å². The van der Waals surface area contributed by atoms with Crippen LogP contribution in [0.25, 0.3) is 0 Å². The Balaban J connectivity index is 2.69. The van der Waals surface area contributed by atoms with Gasteiger partial charge in [-0.3, -0.25) is 4.68 Å². The molecule has 0 aromatic carbocycles. The van der Waals surface area contributed by atoms with Crippen LogP contribution in [0.1, 0.15) is 5.56 Å². The number of aromatic nitrogens is 2. The highest BCUT2D eigenvalue weighted by Gasteiger charge is 2.03. The Morgan fingerprint density at radius 3 is 2.33 bits per heavy atom. The fourth-order valence-corrected chi connectivity index (χ4v) is 1.40. The number of guanidine groups is 1. The van der Waals surface area contributed by atoms with E-state index in [2.05, 4.69) is 10.1 Å². The molecule has 1 aromatic rings. The van der Waals surface area contributed by atoms with Gasteiger partial charge < -0.3 is 9.80 Å². The Morgan fingerprint density at radius 2 is 1.93 bits per heavy atom. The molecule has 1 aromatic heterocycles. The maximum atomic E-state index is 4.52. The number of hydrogen-bond acceptors (Lipinski definition) is 2. The maximum Gasteiger partial charge on any atom is 0.195 e. The van der Waals surface area contributed by atoms with Gasteiger partial charge in [0.05, 0.1) is 12.7 Å². The van der Waals surface area contributed by atoms with Crippen molar-refractivity contribution in [2.75, 3.05) is 28.2 Å². The van der Waals surface area contributed by atoms with Crippen LogP contribution < -0.4 is 0 Å². The first-order chi connectivity index (χ1) is 7.00. The number of aryl methyl sites for hydroxylation is 1. The van der Waals surface area contributed by atoms with Crippen LogP contribution >= 0.6 is 0 Å². The van der Waals surface area contributed by atoms with Gasteiger partial charge >= 0.3 is 0 Å². The van der Waals surface area contributed by atoms with Gasteiger partial charge in [-0.05, 0) is 0 Å². The monoisotopic (exact) mass is 209 g/mol. The van der Waals surface area contributed by atoms with Crippen molar-refractivity contribution < 1.29 is 0 Å². The molecule has 0 fully saturated rings. The van der Waals surface area contributed by atoms with E-state index in [0.29, 0.717) is 6.54 Å². The molecule has 0 aliphatic rings. The van der Waals surface area contributed by atoms with Gasteiger partial charge in [0.1, 0.15) is 0 Å². The van der Waals surface area contributed by atoms with Crippen molar-refractivity contribution in [2.45, 2.75) is 6.54 Å². The van der Waals surface area contributed by atoms with E-state index in [0.717, 1.165) is 11.5 Å². The lowest BCUT2D eigenvalue weighted by Gasteiger charge is -2.22. The molecule has 0 saturated carbocycles. The first-order valence-corrected chi connectivity index (χ1v) is 4.87. The quantitative estimate of drug-likeness (QED) is 0.522. The first kappa shape index (κ1) is 11.6. The largest absolute Gasteiger partial charge is 0.349 e. The highest BCUT2D eigenvalue weighted by atomic mass is 15.3. The lowest BCUT2D eigenvalue weighted by molar-refractivity contribution is 0.479. The average molecular weight is 209 g/mol. The van der Waals surface area contributed by atoms with Crippen molar-refractivity contribution in [3.63, 3.8) is 0 Å². The van der Waals surface area contributed by atoms with Gasteiger partial charge in [0.15, 0.2) is 5.96 Å². The van der Waals surface area contributed by atoms with Gasteiger partial charge in [-0.2, -0.15) is 5.10 Å². The van der Waals surface area contributed by atoms with Crippen molar-refractivity contribution >= 4 is 5.96 Å². The summed E-state index contributed by atoms with van der Waals surface area (Å²) >= 11 is 0. The van der Waals surface area contributed by atoms with Gasteiger partial charge in [-0.25, -0.2) is 4.99 Å². The van der Waals surface area contributed by atoms with E-state index < -0.39 is 0 Å². The molecule has 0 N–H and O–H groups in total. The third-order valence-corrected chi connectivity index (χ3v) is 1.96. The molecule has 5 nitrogen and oxygen atoms in total. The van der Waals surface area contributed by atoms with Crippen molar-refractivity contribution in [3.05, 3.63) is 18.0 Å². The van der Waals surface area contributed by atoms with Crippen LogP contribution in [-0.2, 0) is 13.6 Å². The molecule has 1 rings (SSSR count). The van der Waals surface area contributed by atoms with Crippen LogP contribution in [0.2, 0.25) is 0 Å². The summed E-state index contributed by atoms with van der Waals surface area (Å²) in [5.74, 6) is 0.957. The smallest absolute Gasteiger partial charge is 0.195 e. The van der Waals surface area contributed by atoms with Crippen molar-refractivity contribution in [1.29, 1.82) is 0 Å². The number of nitrogens with zero attached hydrogens (tertiary/aromatic N) is 5. The Hall–Kier alpha value is -1.52. The Kier molecular flexibility index (Phi) is 3.71. The van der Waals surface area contributed by atoms with Crippen molar-refractivity contribution in [2.24, 2.45) is 12.0 Å². The predicted octanol–water partition coefficient (Wildman–Crippen LogP) is 0.399. The summed E-state index contributed by atoms with van der Waals surface area (Å²) in [6.45, 7) is 0.666. The normalized spacial score (nSPS) is 9.93. The summed E-state index contributed by atoms with van der Waals surface area (Å²) < 4.78 is 1.79. The molecule has 84 valence electrons. The van der Waals surface area contributed by atoms with Crippen LogP contribution in [0.15, 0.2) is 17.4 Å². The molecule has 5 heteroatoms. The second-order valence-electron chi connectivity index (χ2n) is 3.93. The molecule has 0 spiro atoms. The second-order valence-corrected chi connectivity index (χ2v) is 3.93. The minimum absolute atomic E-state index is 0.666. The number of rotatable bonds is 2. The second kappa shape index (κ2) is 4.82. The average Bonchev–Trinajstić information content (AvgIpc) is 2.50. The molecule has 15 heavy (non-hydrogen) atoms. The maximum absolute atomic E-state index is 4.52. The zero-order valence-corrected chi connectivity index (χ0v) is 10.1. The highest BCUT2D eigenvalue weighted by molar-refractivity contribution is 5.79. The summed E-state index contributed by atoms with van der Waals surface area (Å²) in [5.41, 5.74) is 1.12. The van der Waals surface area contributed by atoms with Crippen LogP contribution in [0.3, 0.4) is 0 Å². The number of hydrogen-bond donors (Lipinski definition) is 0. The van der Waals surface area contributed by atoms with Gasteiger partial charge in [0.25, 0.3) is 0 Å². The van der Waals surface area contributed by atoms with Gasteiger partial charge in [0, 0.05) is 47.0 Å². The van der Waals surface area contributed by atoms with E-state index in [1.807, 2.05) is 57.4 Å².